The molecule has 0 spiro atoms. The second kappa shape index (κ2) is 7.13. The average molecular weight is 304 g/mol. The largest absolute Gasteiger partial charge is 0.379 e. The standard InChI is InChI=1S/C12H22BrN3O/c1-5-10(17-4)11(14-6-2)12-9(13)8-15-16(12)7-3/h8,10-11,14H,5-7H2,1-4H3. The summed E-state index contributed by atoms with van der Waals surface area (Å²) in [6.07, 6.45) is 2.98. The average Bonchev–Trinajstić information content (AvgIpc) is 2.70. The Labute approximate surface area is 112 Å². The van der Waals surface area contributed by atoms with Gasteiger partial charge in [0.1, 0.15) is 0 Å². The Morgan fingerprint density at radius 2 is 2.18 bits per heavy atom. The summed E-state index contributed by atoms with van der Waals surface area (Å²) < 4.78 is 8.62. The summed E-state index contributed by atoms with van der Waals surface area (Å²) >= 11 is 3.58. The van der Waals surface area contributed by atoms with Crippen LogP contribution in [-0.4, -0.2) is 29.5 Å². The van der Waals surface area contributed by atoms with Crippen LogP contribution in [0.4, 0.5) is 0 Å². The van der Waals surface area contributed by atoms with Gasteiger partial charge in [-0.25, -0.2) is 0 Å². The number of halogens is 1. The highest BCUT2D eigenvalue weighted by atomic mass is 79.9. The number of hydrogen-bond donors (Lipinski definition) is 1. The molecule has 1 aromatic rings. The van der Waals surface area contributed by atoms with Crippen LogP contribution in [0.3, 0.4) is 0 Å². The molecule has 98 valence electrons. The van der Waals surface area contributed by atoms with Gasteiger partial charge in [-0.05, 0) is 35.8 Å². The van der Waals surface area contributed by atoms with Gasteiger partial charge in [-0.3, -0.25) is 4.68 Å². The lowest BCUT2D eigenvalue weighted by atomic mass is 10.0. The van der Waals surface area contributed by atoms with E-state index in [1.54, 1.807) is 7.11 Å². The van der Waals surface area contributed by atoms with Crippen LogP contribution < -0.4 is 5.32 Å². The first-order valence-corrected chi connectivity index (χ1v) is 6.96. The van der Waals surface area contributed by atoms with Crippen molar-refractivity contribution in [1.29, 1.82) is 0 Å². The van der Waals surface area contributed by atoms with Gasteiger partial charge in [-0.2, -0.15) is 5.10 Å². The van der Waals surface area contributed by atoms with Crippen LogP contribution in [0.1, 0.15) is 38.9 Å². The molecule has 1 N–H and O–H groups in total. The SMILES string of the molecule is CCNC(c1c(Br)cnn1CC)C(CC)OC. The lowest BCUT2D eigenvalue weighted by Gasteiger charge is -2.27. The van der Waals surface area contributed by atoms with E-state index in [1.807, 2.05) is 10.9 Å². The second-order valence-electron chi connectivity index (χ2n) is 3.91. The normalized spacial score (nSPS) is 14.9. The number of methoxy groups -OCH3 is 1. The molecule has 0 amide bonds. The molecule has 0 aromatic carbocycles. The maximum absolute atomic E-state index is 5.57. The Bertz CT molecular complexity index is 336. The molecule has 0 aliphatic rings. The van der Waals surface area contributed by atoms with Crippen LogP contribution in [0.15, 0.2) is 10.7 Å². The zero-order valence-electron chi connectivity index (χ0n) is 11.0. The van der Waals surface area contributed by atoms with E-state index in [2.05, 4.69) is 47.1 Å². The fourth-order valence-corrected chi connectivity index (χ4v) is 2.64. The molecular formula is C12H22BrN3O. The first-order chi connectivity index (χ1) is 8.19. The molecular weight excluding hydrogens is 282 g/mol. The van der Waals surface area contributed by atoms with Crippen LogP contribution in [0, 0.1) is 0 Å². The fraction of sp³-hybridized carbons (Fsp3) is 0.750. The quantitative estimate of drug-likeness (QED) is 0.842. The van der Waals surface area contributed by atoms with E-state index in [4.69, 9.17) is 4.74 Å². The monoisotopic (exact) mass is 303 g/mol. The Morgan fingerprint density at radius 1 is 1.47 bits per heavy atom. The number of aromatic nitrogens is 2. The summed E-state index contributed by atoms with van der Waals surface area (Å²) in [6.45, 7) is 8.11. The molecule has 0 saturated carbocycles. The van der Waals surface area contributed by atoms with Crippen molar-refractivity contribution in [3.05, 3.63) is 16.4 Å². The van der Waals surface area contributed by atoms with E-state index < -0.39 is 0 Å². The molecule has 0 aliphatic heterocycles. The van der Waals surface area contributed by atoms with Gasteiger partial charge in [0.2, 0.25) is 0 Å². The van der Waals surface area contributed by atoms with Gasteiger partial charge in [-0.1, -0.05) is 13.8 Å². The predicted molar refractivity (Wildman–Crippen MR) is 73.1 cm³/mol. The zero-order valence-corrected chi connectivity index (χ0v) is 12.6. The first kappa shape index (κ1) is 14.7. The van der Waals surface area contributed by atoms with Gasteiger partial charge >= 0.3 is 0 Å². The molecule has 2 atom stereocenters. The number of nitrogens with one attached hydrogen (secondary N) is 1. The predicted octanol–water partition coefficient (Wildman–Crippen LogP) is 2.74. The number of ether oxygens (including phenoxy) is 1. The van der Waals surface area contributed by atoms with Gasteiger partial charge in [0.05, 0.1) is 28.5 Å². The lowest BCUT2D eigenvalue weighted by molar-refractivity contribution is 0.0625. The second-order valence-corrected chi connectivity index (χ2v) is 4.77. The molecule has 1 heterocycles. The van der Waals surface area contributed by atoms with E-state index in [1.165, 1.54) is 5.69 Å². The van der Waals surface area contributed by atoms with Crippen molar-refractivity contribution >= 4 is 15.9 Å². The fourth-order valence-electron chi connectivity index (χ4n) is 2.10. The minimum Gasteiger partial charge on any atom is -0.379 e. The van der Waals surface area contributed by atoms with Crippen molar-refractivity contribution in [2.45, 2.75) is 45.9 Å². The molecule has 1 aromatic heterocycles. The maximum Gasteiger partial charge on any atom is 0.0779 e. The third kappa shape index (κ3) is 3.30. The minimum absolute atomic E-state index is 0.160. The lowest BCUT2D eigenvalue weighted by Crippen LogP contribution is -2.34. The topological polar surface area (TPSA) is 39.1 Å². The molecule has 2 unspecified atom stereocenters. The van der Waals surface area contributed by atoms with Crippen molar-refractivity contribution in [2.75, 3.05) is 13.7 Å². The van der Waals surface area contributed by atoms with Crippen molar-refractivity contribution in [3.63, 3.8) is 0 Å². The number of hydrogen-bond acceptors (Lipinski definition) is 3. The van der Waals surface area contributed by atoms with Crippen molar-refractivity contribution in [3.8, 4) is 0 Å². The van der Waals surface area contributed by atoms with Crippen LogP contribution >= 0.6 is 15.9 Å². The molecule has 0 bridgehead atoms. The van der Waals surface area contributed by atoms with Gasteiger partial charge in [0, 0.05) is 13.7 Å². The third-order valence-electron chi connectivity index (χ3n) is 2.93. The minimum atomic E-state index is 0.160. The molecule has 0 radical (unpaired) electrons. The molecule has 1 rings (SSSR count). The number of nitrogens with zero attached hydrogens (tertiary/aromatic N) is 2. The van der Waals surface area contributed by atoms with Crippen molar-refractivity contribution < 1.29 is 4.74 Å². The van der Waals surface area contributed by atoms with Gasteiger partial charge in [0.25, 0.3) is 0 Å². The van der Waals surface area contributed by atoms with E-state index >= 15 is 0 Å². The van der Waals surface area contributed by atoms with E-state index in [-0.39, 0.29) is 12.1 Å². The van der Waals surface area contributed by atoms with E-state index in [0.29, 0.717) is 0 Å². The number of rotatable bonds is 7. The van der Waals surface area contributed by atoms with Crippen molar-refractivity contribution in [1.82, 2.24) is 15.1 Å². The van der Waals surface area contributed by atoms with Gasteiger partial charge in [-0.15, -0.1) is 0 Å². The smallest absolute Gasteiger partial charge is 0.0779 e. The van der Waals surface area contributed by atoms with Crippen LogP contribution in [-0.2, 0) is 11.3 Å². The summed E-state index contributed by atoms with van der Waals surface area (Å²) in [5.74, 6) is 0. The zero-order chi connectivity index (χ0) is 12.8. The third-order valence-corrected chi connectivity index (χ3v) is 3.54. The summed E-state index contributed by atoms with van der Waals surface area (Å²) in [7, 11) is 1.76. The molecule has 0 fully saturated rings. The Hall–Kier alpha value is -0.390. The summed E-state index contributed by atoms with van der Waals surface area (Å²) in [6, 6.07) is 0.173. The van der Waals surface area contributed by atoms with Gasteiger partial charge < -0.3 is 10.1 Å². The summed E-state index contributed by atoms with van der Waals surface area (Å²) in [5.41, 5.74) is 1.17. The molecule has 4 nitrogen and oxygen atoms in total. The highest BCUT2D eigenvalue weighted by Crippen LogP contribution is 2.28. The van der Waals surface area contributed by atoms with Crippen LogP contribution in [0.5, 0.6) is 0 Å². The Balaban J connectivity index is 3.07. The van der Waals surface area contributed by atoms with Crippen LogP contribution in [0.25, 0.3) is 0 Å². The Morgan fingerprint density at radius 3 is 2.65 bits per heavy atom. The maximum atomic E-state index is 5.57. The molecule has 0 aliphatic carbocycles. The highest BCUT2D eigenvalue weighted by Gasteiger charge is 2.26. The Kier molecular flexibility index (Phi) is 6.16. The molecule has 0 saturated heterocycles. The number of aryl methyl sites for hydroxylation is 1. The van der Waals surface area contributed by atoms with Crippen molar-refractivity contribution in [2.24, 2.45) is 0 Å². The van der Waals surface area contributed by atoms with E-state index in [0.717, 1.165) is 24.0 Å². The van der Waals surface area contributed by atoms with Gasteiger partial charge in [0.15, 0.2) is 0 Å². The van der Waals surface area contributed by atoms with E-state index in [9.17, 15) is 0 Å². The molecule has 5 heteroatoms. The molecule has 17 heavy (non-hydrogen) atoms. The van der Waals surface area contributed by atoms with Crippen LogP contribution in [0.2, 0.25) is 0 Å². The summed E-state index contributed by atoms with van der Waals surface area (Å²) in [4.78, 5) is 0. The first-order valence-electron chi connectivity index (χ1n) is 6.16. The number of likely N-dealkylation sites (N-methyl/N-ethyl adjacent to an activating group) is 1. The summed E-state index contributed by atoms with van der Waals surface area (Å²) in [5, 5.41) is 7.85. The highest BCUT2D eigenvalue weighted by molar-refractivity contribution is 9.10.